The lowest BCUT2D eigenvalue weighted by molar-refractivity contribution is 0.00493. The molecule has 1 aliphatic rings. The smallest absolute Gasteiger partial charge is 0.213 e. The van der Waals surface area contributed by atoms with Gasteiger partial charge in [0.1, 0.15) is 6.10 Å². The Hall–Kier alpha value is -1.21. The molecule has 1 aromatic heterocycles. The van der Waals surface area contributed by atoms with Crippen molar-refractivity contribution in [3.8, 4) is 5.88 Å². The molecule has 1 aromatic rings. The molecular weight excluding hydrogens is 484 g/mol. The Balaban J connectivity index is 1.66. The first-order valence-electron chi connectivity index (χ1n) is 15.5. The standard InChI is InChI=1S/C33H62N4O2/c1-12-31(6,7)16-21-37-19-14-28(15-20-37)38-22-18-35-32(8,9)25-33(10,11)36-24-26(2)39-29-23-27(13-17-34-29)30(3,4)5/h13,17,23,26,28,35-36H,12,14-16,18-22,24-25H2,1-11H3/t26-/m0/s1. The largest absolute Gasteiger partial charge is 0.473 e. The van der Waals surface area contributed by atoms with Gasteiger partial charge in [0, 0.05) is 49.5 Å². The lowest BCUT2D eigenvalue weighted by Crippen LogP contribution is -2.53. The van der Waals surface area contributed by atoms with Crippen molar-refractivity contribution in [2.75, 3.05) is 39.3 Å². The molecule has 0 aliphatic carbocycles. The van der Waals surface area contributed by atoms with Gasteiger partial charge >= 0.3 is 0 Å². The molecular formula is C33H62N4O2. The van der Waals surface area contributed by atoms with Gasteiger partial charge in [0.2, 0.25) is 5.88 Å². The monoisotopic (exact) mass is 546 g/mol. The van der Waals surface area contributed by atoms with E-state index in [-0.39, 0.29) is 22.6 Å². The molecule has 1 atom stereocenters. The maximum Gasteiger partial charge on any atom is 0.213 e. The van der Waals surface area contributed by atoms with E-state index < -0.39 is 0 Å². The van der Waals surface area contributed by atoms with Gasteiger partial charge in [0.25, 0.3) is 0 Å². The zero-order valence-electron chi connectivity index (χ0n) is 27.4. The van der Waals surface area contributed by atoms with Crippen LogP contribution in [-0.2, 0) is 10.2 Å². The number of nitrogens with zero attached hydrogens (tertiary/aromatic N) is 2. The van der Waals surface area contributed by atoms with Crippen LogP contribution in [0.15, 0.2) is 18.3 Å². The molecule has 0 bridgehead atoms. The van der Waals surface area contributed by atoms with E-state index in [9.17, 15) is 0 Å². The molecule has 39 heavy (non-hydrogen) atoms. The quantitative estimate of drug-likeness (QED) is 0.228. The normalized spacial score (nSPS) is 17.4. The van der Waals surface area contributed by atoms with Crippen LogP contribution in [0.25, 0.3) is 0 Å². The summed E-state index contributed by atoms with van der Waals surface area (Å²) in [5.74, 6) is 0.697. The molecule has 2 heterocycles. The highest BCUT2D eigenvalue weighted by atomic mass is 16.5. The highest BCUT2D eigenvalue weighted by molar-refractivity contribution is 5.26. The van der Waals surface area contributed by atoms with E-state index in [0.29, 0.717) is 17.4 Å². The van der Waals surface area contributed by atoms with E-state index in [4.69, 9.17) is 9.47 Å². The molecule has 0 radical (unpaired) electrons. The van der Waals surface area contributed by atoms with E-state index in [1.807, 2.05) is 6.20 Å². The molecule has 2 rings (SSSR count). The van der Waals surface area contributed by atoms with Crippen molar-refractivity contribution >= 4 is 0 Å². The molecule has 1 aliphatic heterocycles. The number of likely N-dealkylation sites (tertiary alicyclic amines) is 1. The maximum atomic E-state index is 6.26. The molecule has 0 spiro atoms. The summed E-state index contributed by atoms with van der Waals surface area (Å²) in [5.41, 5.74) is 1.74. The van der Waals surface area contributed by atoms with Crippen LogP contribution in [0.5, 0.6) is 5.88 Å². The molecule has 1 saturated heterocycles. The third-order valence-electron chi connectivity index (χ3n) is 8.33. The minimum Gasteiger partial charge on any atom is -0.473 e. The molecule has 226 valence electrons. The Labute approximate surface area is 241 Å². The number of nitrogens with one attached hydrogen (secondary N) is 2. The van der Waals surface area contributed by atoms with E-state index >= 15 is 0 Å². The van der Waals surface area contributed by atoms with Crippen LogP contribution in [0.2, 0.25) is 0 Å². The van der Waals surface area contributed by atoms with Crippen LogP contribution in [-0.4, -0.2) is 72.5 Å². The van der Waals surface area contributed by atoms with Gasteiger partial charge in [-0.15, -0.1) is 0 Å². The van der Waals surface area contributed by atoms with Gasteiger partial charge in [-0.05, 0) is 89.3 Å². The number of ether oxygens (including phenoxy) is 2. The van der Waals surface area contributed by atoms with E-state index in [1.165, 1.54) is 38.0 Å². The molecule has 0 aromatic carbocycles. The molecule has 6 nitrogen and oxygen atoms in total. The molecule has 1 fully saturated rings. The fourth-order valence-electron chi connectivity index (χ4n) is 5.39. The van der Waals surface area contributed by atoms with Gasteiger partial charge in [-0.1, -0.05) is 48.0 Å². The van der Waals surface area contributed by atoms with E-state index in [1.54, 1.807) is 0 Å². The second kappa shape index (κ2) is 14.6. The van der Waals surface area contributed by atoms with Crippen molar-refractivity contribution in [3.05, 3.63) is 23.9 Å². The Bertz CT molecular complexity index is 838. The number of aromatic nitrogens is 1. The van der Waals surface area contributed by atoms with Crippen LogP contribution in [0.3, 0.4) is 0 Å². The van der Waals surface area contributed by atoms with Gasteiger partial charge in [0.05, 0.1) is 12.7 Å². The fraction of sp³-hybridized carbons (Fsp3) is 0.848. The Morgan fingerprint density at radius 3 is 2.26 bits per heavy atom. The van der Waals surface area contributed by atoms with Crippen molar-refractivity contribution in [1.29, 1.82) is 0 Å². The van der Waals surface area contributed by atoms with Gasteiger partial charge in [-0.3, -0.25) is 0 Å². The summed E-state index contributed by atoms with van der Waals surface area (Å²) in [6.07, 6.45) is 8.12. The summed E-state index contributed by atoms with van der Waals surface area (Å²) in [6.45, 7) is 30.9. The van der Waals surface area contributed by atoms with Crippen LogP contribution in [0.1, 0.15) is 114 Å². The van der Waals surface area contributed by atoms with Crippen molar-refractivity contribution in [3.63, 3.8) is 0 Å². The average Bonchev–Trinajstić information content (AvgIpc) is 2.84. The number of hydrogen-bond donors (Lipinski definition) is 2. The predicted octanol–water partition coefficient (Wildman–Crippen LogP) is 6.58. The highest BCUT2D eigenvalue weighted by Gasteiger charge is 2.29. The maximum absolute atomic E-state index is 6.26. The predicted molar refractivity (Wildman–Crippen MR) is 166 cm³/mol. The van der Waals surface area contributed by atoms with Crippen LogP contribution < -0.4 is 15.4 Å². The van der Waals surface area contributed by atoms with Crippen LogP contribution in [0, 0.1) is 5.41 Å². The number of hydrogen-bond acceptors (Lipinski definition) is 6. The molecule has 0 amide bonds. The van der Waals surface area contributed by atoms with Gasteiger partial charge in [-0.25, -0.2) is 4.98 Å². The van der Waals surface area contributed by atoms with Gasteiger partial charge in [0.15, 0.2) is 0 Å². The zero-order valence-corrected chi connectivity index (χ0v) is 27.4. The van der Waals surface area contributed by atoms with Crippen molar-refractivity contribution < 1.29 is 9.47 Å². The first kappa shape index (κ1) is 34.0. The first-order chi connectivity index (χ1) is 18.0. The Morgan fingerprint density at radius 2 is 1.64 bits per heavy atom. The summed E-state index contributed by atoms with van der Waals surface area (Å²) in [6, 6.07) is 4.13. The van der Waals surface area contributed by atoms with E-state index in [2.05, 4.69) is 109 Å². The van der Waals surface area contributed by atoms with Gasteiger partial charge in [-0.2, -0.15) is 0 Å². The summed E-state index contributed by atoms with van der Waals surface area (Å²) in [5, 5.41) is 7.46. The number of piperidine rings is 1. The lowest BCUT2D eigenvalue weighted by Gasteiger charge is -2.37. The Kier molecular flexibility index (Phi) is 12.7. The second-order valence-corrected chi connectivity index (χ2v) is 15.0. The third kappa shape index (κ3) is 13.3. The fourth-order valence-corrected chi connectivity index (χ4v) is 5.39. The SMILES string of the molecule is CCC(C)(C)CCN1CCC(OCCNC(C)(C)CC(C)(C)NC[C@H](C)Oc2cc(C(C)(C)C)ccn2)CC1. The summed E-state index contributed by atoms with van der Waals surface area (Å²) < 4.78 is 12.4. The molecule has 6 heteroatoms. The second-order valence-electron chi connectivity index (χ2n) is 15.0. The lowest BCUT2D eigenvalue weighted by atomic mass is 9.86. The highest BCUT2D eigenvalue weighted by Crippen LogP contribution is 2.26. The third-order valence-corrected chi connectivity index (χ3v) is 8.33. The Morgan fingerprint density at radius 1 is 1.00 bits per heavy atom. The molecule has 0 saturated carbocycles. The minimum atomic E-state index is -0.0329. The first-order valence-corrected chi connectivity index (χ1v) is 15.5. The van der Waals surface area contributed by atoms with Crippen molar-refractivity contribution in [2.24, 2.45) is 5.41 Å². The zero-order chi connectivity index (χ0) is 29.3. The van der Waals surface area contributed by atoms with Crippen LogP contribution in [0.4, 0.5) is 0 Å². The summed E-state index contributed by atoms with van der Waals surface area (Å²) in [7, 11) is 0. The average molecular weight is 547 g/mol. The molecule has 2 N–H and O–H groups in total. The van der Waals surface area contributed by atoms with Crippen molar-refractivity contribution in [1.82, 2.24) is 20.5 Å². The van der Waals surface area contributed by atoms with E-state index in [0.717, 1.165) is 39.0 Å². The topological polar surface area (TPSA) is 58.7 Å². The number of rotatable bonds is 16. The summed E-state index contributed by atoms with van der Waals surface area (Å²) in [4.78, 5) is 7.05. The van der Waals surface area contributed by atoms with Gasteiger partial charge < -0.3 is 25.0 Å². The van der Waals surface area contributed by atoms with Crippen LogP contribution >= 0.6 is 0 Å². The minimum absolute atomic E-state index is 0.00198. The van der Waals surface area contributed by atoms with Crippen molar-refractivity contribution in [2.45, 2.75) is 137 Å². The number of pyridine rings is 1. The summed E-state index contributed by atoms with van der Waals surface area (Å²) >= 11 is 0. The molecule has 0 unspecified atom stereocenters.